The molecule has 0 spiro atoms. The number of alkyl halides is 1. The average molecular weight is 246 g/mol. The summed E-state index contributed by atoms with van der Waals surface area (Å²) >= 11 is 5.30. The zero-order valence-electron chi connectivity index (χ0n) is 8.16. The van der Waals surface area contributed by atoms with E-state index in [0.717, 1.165) is 0 Å². The smallest absolute Gasteiger partial charge is 0.212 e. The quantitative estimate of drug-likeness (QED) is 0.452. The molecule has 0 unspecified atom stereocenters. The molecule has 0 aliphatic rings. The van der Waals surface area contributed by atoms with Crippen LogP contribution in [0.4, 0.5) is 0 Å². The van der Waals surface area contributed by atoms with Gasteiger partial charge >= 0.3 is 0 Å². The molecule has 14 heavy (non-hydrogen) atoms. The molecule has 0 rings (SSSR count). The van der Waals surface area contributed by atoms with Crippen molar-refractivity contribution in [2.24, 2.45) is 0 Å². The molecule has 0 aliphatic carbocycles. The molecule has 0 atom stereocenters. The van der Waals surface area contributed by atoms with Gasteiger partial charge in [0.15, 0.2) is 0 Å². The van der Waals surface area contributed by atoms with E-state index in [2.05, 4.69) is 4.72 Å². The first-order valence-electron chi connectivity index (χ1n) is 4.22. The molecular formula is C7H16ClNO4S. The van der Waals surface area contributed by atoms with Crippen molar-refractivity contribution >= 4 is 21.6 Å². The van der Waals surface area contributed by atoms with Gasteiger partial charge in [0.2, 0.25) is 10.0 Å². The number of hydrogen-bond acceptors (Lipinski definition) is 4. The summed E-state index contributed by atoms with van der Waals surface area (Å²) in [5.41, 5.74) is 0. The highest BCUT2D eigenvalue weighted by atomic mass is 35.5. The predicted molar refractivity (Wildman–Crippen MR) is 55.2 cm³/mol. The minimum atomic E-state index is -3.22. The van der Waals surface area contributed by atoms with Crippen LogP contribution in [-0.4, -0.2) is 53.5 Å². The normalized spacial score (nSPS) is 11.9. The molecule has 0 saturated heterocycles. The first-order chi connectivity index (χ1) is 6.62. The van der Waals surface area contributed by atoms with E-state index >= 15 is 0 Å². The third kappa shape index (κ3) is 8.71. The van der Waals surface area contributed by atoms with Gasteiger partial charge in [0, 0.05) is 19.5 Å². The molecule has 5 nitrogen and oxygen atoms in total. The van der Waals surface area contributed by atoms with Gasteiger partial charge in [-0.05, 0) is 0 Å². The van der Waals surface area contributed by atoms with Gasteiger partial charge in [-0.1, -0.05) is 0 Å². The summed E-state index contributed by atoms with van der Waals surface area (Å²) in [5, 5.41) is 0. The fraction of sp³-hybridized carbons (Fsp3) is 1.00. The van der Waals surface area contributed by atoms with E-state index < -0.39 is 10.0 Å². The van der Waals surface area contributed by atoms with Crippen molar-refractivity contribution in [3.05, 3.63) is 0 Å². The first-order valence-corrected chi connectivity index (χ1v) is 6.41. The molecule has 86 valence electrons. The Hall–Kier alpha value is 0.120. The lowest BCUT2D eigenvalue weighted by Gasteiger charge is -2.05. The van der Waals surface area contributed by atoms with Crippen LogP contribution in [0, 0.1) is 0 Å². The topological polar surface area (TPSA) is 64.6 Å². The summed E-state index contributed by atoms with van der Waals surface area (Å²) in [6, 6.07) is 0. The van der Waals surface area contributed by atoms with Crippen molar-refractivity contribution in [1.82, 2.24) is 4.72 Å². The largest absolute Gasteiger partial charge is 0.382 e. The monoisotopic (exact) mass is 245 g/mol. The molecule has 0 radical (unpaired) electrons. The molecule has 0 amide bonds. The summed E-state index contributed by atoms with van der Waals surface area (Å²) in [6.45, 7) is 1.58. The molecule has 0 aromatic heterocycles. The number of sulfonamides is 1. The summed E-state index contributed by atoms with van der Waals surface area (Å²) in [5.74, 6) is 0.0342. The summed E-state index contributed by atoms with van der Waals surface area (Å²) in [7, 11) is -1.64. The van der Waals surface area contributed by atoms with E-state index in [-0.39, 0.29) is 18.2 Å². The molecular weight excluding hydrogens is 230 g/mol. The number of hydrogen-bond donors (Lipinski definition) is 1. The number of halogens is 1. The Labute approximate surface area is 89.8 Å². The standard InChI is InChI=1S/C7H16ClNO4S/c1-12-5-6-13-4-3-9-14(10,11)7-2-8/h9H,2-7H2,1H3. The molecule has 0 saturated carbocycles. The van der Waals surface area contributed by atoms with Gasteiger partial charge in [0.25, 0.3) is 0 Å². The van der Waals surface area contributed by atoms with Gasteiger partial charge < -0.3 is 9.47 Å². The van der Waals surface area contributed by atoms with Crippen molar-refractivity contribution in [2.75, 3.05) is 45.1 Å². The van der Waals surface area contributed by atoms with Crippen LogP contribution in [0.1, 0.15) is 0 Å². The van der Waals surface area contributed by atoms with E-state index in [9.17, 15) is 8.42 Å². The Morgan fingerprint density at radius 1 is 1.29 bits per heavy atom. The third-order valence-corrected chi connectivity index (χ3v) is 3.14. The van der Waals surface area contributed by atoms with Crippen LogP contribution >= 0.6 is 11.6 Å². The lowest BCUT2D eigenvalue weighted by molar-refractivity contribution is 0.0736. The molecule has 1 N–H and O–H groups in total. The maximum absolute atomic E-state index is 11.0. The summed E-state index contributed by atoms with van der Waals surface area (Å²) in [6.07, 6.45) is 0. The molecule has 0 heterocycles. The van der Waals surface area contributed by atoms with Gasteiger partial charge in [0.05, 0.1) is 25.6 Å². The minimum absolute atomic E-state index is 0.0629. The third-order valence-electron chi connectivity index (χ3n) is 1.35. The van der Waals surface area contributed by atoms with E-state index in [1.807, 2.05) is 0 Å². The number of ether oxygens (including phenoxy) is 2. The summed E-state index contributed by atoms with van der Waals surface area (Å²) in [4.78, 5) is 0. The van der Waals surface area contributed by atoms with E-state index in [1.54, 1.807) is 7.11 Å². The van der Waals surface area contributed by atoms with Crippen LogP contribution in [0.3, 0.4) is 0 Å². The van der Waals surface area contributed by atoms with E-state index in [4.69, 9.17) is 21.1 Å². The Balaban J connectivity index is 3.35. The van der Waals surface area contributed by atoms with Crippen molar-refractivity contribution in [3.63, 3.8) is 0 Å². The van der Waals surface area contributed by atoms with Gasteiger partial charge in [-0.25, -0.2) is 13.1 Å². The Morgan fingerprint density at radius 2 is 2.00 bits per heavy atom. The Bertz CT molecular complexity index is 220. The van der Waals surface area contributed by atoms with E-state index in [0.29, 0.717) is 19.8 Å². The highest BCUT2D eigenvalue weighted by Gasteiger charge is 2.07. The minimum Gasteiger partial charge on any atom is -0.382 e. The Kier molecular flexibility index (Phi) is 8.50. The lowest BCUT2D eigenvalue weighted by Crippen LogP contribution is -2.30. The highest BCUT2D eigenvalue weighted by molar-refractivity contribution is 7.89. The van der Waals surface area contributed by atoms with Crippen molar-refractivity contribution in [3.8, 4) is 0 Å². The molecule has 0 aliphatic heterocycles. The zero-order valence-corrected chi connectivity index (χ0v) is 9.73. The molecule has 0 bridgehead atoms. The molecule has 0 aromatic rings. The second kappa shape index (κ2) is 8.43. The van der Waals surface area contributed by atoms with Crippen LogP contribution in [0.2, 0.25) is 0 Å². The van der Waals surface area contributed by atoms with Gasteiger partial charge in [0.1, 0.15) is 0 Å². The van der Waals surface area contributed by atoms with Gasteiger partial charge in [-0.15, -0.1) is 11.6 Å². The SMILES string of the molecule is COCCOCCNS(=O)(=O)CCCl. The average Bonchev–Trinajstić information content (AvgIpc) is 2.11. The van der Waals surface area contributed by atoms with Crippen molar-refractivity contribution < 1.29 is 17.9 Å². The van der Waals surface area contributed by atoms with Gasteiger partial charge in [-0.3, -0.25) is 0 Å². The molecule has 7 heteroatoms. The van der Waals surface area contributed by atoms with Crippen LogP contribution in [-0.2, 0) is 19.5 Å². The maximum Gasteiger partial charge on any atom is 0.212 e. The van der Waals surface area contributed by atoms with Gasteiger partial charge in [-0.2, -0.15) is 0 Å². The van der Waals surface area contributed by atoms with Crippen molar-refractivity contribution in [2.45, 2.75) is 0 Å². The number of nitrogens with one attached hydrogen (secondary N) is 1. The van der Waals surface area contributed by atoms with Crippen LogP contribution in [0.25, 0.3) is 0 Å². The van der Waals surface area contributed by atoms with Crippen LogP contribution < -0.4 is 4.72 Å². The fourth-order valence-electron chi connectivity index (χ4n) is 0.687. The molecule has 0 aromatic carbocycles. The summed E-state index contributed by atoms with van der Waals surface area (Å²) < 4.78 is 34.3. The number of rotatable bonds is 9. The number of methoxy groups -OCH3 is 1. The Morgan fingerprint density at radius 3 is 2.57 bits per heavy atom. The second-order valence-corrected chi connectivity index (χ2v) is 4.81. The van der Waals surface area contributed by atoms with E-state index in [1.165, 1.54) is 0 Å². The first kappa shape index (κ1) is 14.1. The van der Waals surface area contributed by atoms with Crippen molar-refractivity contribution in [1.29, 1.82) is 0 Å². The molecule has 0 fully saturated rings. The second-order valence-electron chi connectivity index (χ2n) is 2.51. The highest BCUT2D eigenvalue weighted by Crippen LogP contribution is 1.86. The predicted octanol–water partition coefficient (Wildman–Crippen LogP) is -0.192. The zero-order chi connectivity index (χ0) is 10.9. The van der Waals surface area contributed by atoms with Crippen LogP contribution in [0.15, 0.2) is 0 Å². The lowest BCUT2D eigenvalue weighted by atomic mass is 10.7. The fourth-order valence-corrected chi connectivity index (χ4v) is 2.04. The van der Waals surface area contributed by atoms with Crippen LogP contribution in [0.5, 0.6) is 0 Å². The maximum atomic E-state index is 11.0.